The van der Waals surface area contributed by atoms with Crippen molar-refractivity contribution >= 4 is 9.84 Å². The van der Waals surface area contributed by atoms with Gasteiger partial charge in [-0.2, -0.15) is 0 Å². The van der Waals surface area contributed by atoms with E-state index in [-0.39, 0.29) is 0 Å². The molecule has 84 valence electrons. The van der Waals surface area contributed by atoms with Gasteiger partial charge in [0.15, 0.2) is 0 Å². The molecule has 0 aromatic rings. The van der Waals surface area contributed by atoms with Crippen molar-refractivity contribution in [2.45, 2.75) is 48.0 Å². The molecule has 0 fully saturated rings. The maximum atomic E-state index is 9.63. The Labute approximate surface area is 84.7 Å². The Balaban J connectivity index is -0.000000120. The van der Waals surface area contributed by atoms with Gasteiger partial charge in [-0.15, -0.1) is 0 Å². The van der Waals surface area contributed by atoms with Gasteiger partial charge in [-0.1, -0.05) is 48.0 Å². The van der Waals surface area contributed by atoms with E-state index in [0.717, 1.165) is 12.5 Å². The van der Waals surface area contributed by atoms with Crippen molar-refractivity contribution in [3.8, 4) is 0 Å². The SMILES string of the molecule is CC(C)(C)C.CCC.CS(C)(=O)=O. The van der Waals surface area contributed by atoms with Crippen LogP contribution in [0.25, 0.3) is 0 Å². The quantitative estimate of drug-likeness (QED) is 0.615. The highest BCUT2D eigenvalue weighted by Gasteiger charge is 1.95. The van der Waals surface area contributed by atoms with Crippen molar-refractivity contribution in [2.75, 3.05) is 12.5 Å². The molecule has 0 amide bonds. The Morgan fingerprint density at radius 2 is 0.923 bits per heavy atom. The molecule has 0 aromatic carbocycles. The second-order valence-electron chi connectivity index (χ2n) is 4.85. The van der Waals surface area contributed by atoms with Crippen LogP contribution in [0.15, 0.2) is 0 Å². The molecule has 0 aromatic heterocycles. The highest BCUT2D eigenvalue weighted by atomic mass is 32.2. The maximum absolute atomic E-state index is 9.63. The Morgan fingerprint density at radius 3 is 0.923 bits per heavy atom. The van der Waals surface area contributed by atoms with Crippen LogP contribution < -0.4 is 0 Å². The third-order valence-corrected chi connectivity index (χ3v) is 0. The minimum Gasteiger partial charge on any atom is -0.229 e. The lowest BCUT2D eigenvalue weighted by Gasteiger charge is -2.05. The molecular weight excluding hydrogens is 184 g/mol. The lowest BCUT2D eigenvalue weighted by atomic mass is 10.0. The standard InChI is InChI=1S/C5H12.C3H8.C2H6O2S/c1-5(2,3)4;1-3-2;1-5(2,3)4/h1-4H3;3H2,1-2H3;1-2H3. The van der Waals surface area contributed by atoms with Gasteiger partial charge in [0.1, 0.15) is 9.84 Å². The fourth-order valence-corrected chi connectivity index (χ4v) is 0. The van der Waals surface area contributed by atoms with E-state index in [1.165, 1.54) is 6.42 Å². The van der Waals surface area contributed by atoms with Gasteiger partial charge in [-0.3, -0.25) is 0 Å². The summed E-state index contributed by atoms with van der Waals surface area (Å²) in [4.78, 5) is 0. The van der Waals surface area contributed by atoms with Crippen LogP contribution in [-0.2, 0) is 9.84 Å². The van der Waals surface area contributed by atoms with Crippen molar-refractivity contribution in [3.63, 3.8) is 0 Å². The smallest absolute Gasteiger partial charge is 0.144 e. The first-order valence-corrected chi connectivity index (χ1v) is 6.86. The summed E-state index contributed by atoms with van der Waals surface area (Å²) in [5, 5.41) is 0. The van der Waals surface area contributed by atoms with E-state index in [1.807, 2.05) is 0 Å². The minimum atomic E-state index is -2.67. The summed E-state index contributed by atoms with van der Waals surface area (Å²) in [5.41, 5.74) is 0.500. The van der Waals surface area contributed by atoms with E-state index in [2.05, 4.69) is 41.5 Å². The third kappa shape index (κ3) is 473000. The first-order chi connectivity index (χ1) is 5.41. The van der Waals surface area contributed by atoms with Crippen LogP contribution in [0.5, 0.6) is 0 Å². The minimum absolute atomic E-state index is 0.500. The van der Waals surface area contributed by atoms with E-state index < -0.39 is 9.84 Å². The van der Waals surface area contributed by atoms with Gasteiger partial charge >= 0.3 is 0 Å². The van der Waals surface area contributed by atoms with Crippen molar-refractivity contribution in [1.82, 2.24) is 0 Å². The molecule has 0 radical (unpaired) electrons. The lowest BCUT2D eigenvalue weighted by Crippen LogP contribution is -1.93. The Bertz CT molecular complexity index is 160. The molecule has 0 bridgehead atoms. The largest absolute Gasteiger partial charge is 0.229 e. The molecule has 2 nitrogen and oxygen atoms in total. The van der Waals surface area contributed by atoms with Gasteiger partial charge in [0.2, 0.25) is 0 Å². The summed E-state index contributed by atoms with van der Waals surface area (Å²) in [5.74, 6) is 0. The predicted octanol–water partition coefficient (Wildman–Crippen LogP) is 3.13. The van der Waals surface area contributed by atoms with Gasteiger partial charge in [0.05, 0.1) is 0 Å². The maximum Gasteiger partial charge on any atom is 0.144 e. The molecule has 13 heavy (non-hydrogen) atoms. The van der Waals surface area contributed by atoms with Gasteiger partial charge in [-0.25, -0.2) is 8.42 Å². The van der Waals surface area contributed by atoms with Crippen LogP contribution in [0, 0.1) is 5.41 Å². The predicted molar refractivity (Wildman–Crippen MR) is 61.9 cm³/mol. The summed E-state index contributed by atoms with van der Waals surface area (Å²) in [6.07, 6.45) is 3.57. The van der Waals surface area contributed by atoms with Crippen molar-refractivity contribution in [3.05, 3.63) is 0 Å². The Kier molecular flexibility index (Phi) is 12.3. The molecular formula is C10H26O2S. The molecule has 0 spiro atoms. The molecule has 0 unspecified atom stereocenters. The fraction of sp³-hybridized carbons (Fsp3) is 1.00. The van der Waals surface area contributed by atoms with Crippen LogP contribution in [-0.4, -0.2) is 20.9 Å². The highest BCUT2D eigenvalue weighted by Crippen LogP contribution is 2.07. The van der Waals surface area contributed by atoms with Crippen molar-refractivity contribution in [1.29, 1.82) is 0 Å². The highest BCUT2D eigenvalue weighted by molar-refractivity contribution is 7.89. The number of hydrogen-bond acceptors (Lipinski definition) is 2. The van der Waals surface area contributed by atoms with Gasteiger partial charge in [-0.05, 0) is 5.41 Å². The molecule has 0 saturated heterocycles. The molecule has 0 saturated carbocycles. The summed E-state index contributed by atoms with van der Waals surface area (Å²) in [6.45, 7) is 13.0. The molecule has 0 aliphatic rings. The molecule has 0 N–H and O–H groups in total. The first-order valence-electron chi connectivity index (χ1n) is 4.56. The number of rotatable bonds is 0. The molecule has 0 atom stereocenters. The molecule has 0 rings (SSSR count). The van der Waals surface area contributed by atoms with Gasteiger partial charge < -0.3 is 0 Å². The zero-order chi connectivity index (χ0) is 11.7. The molecule has 3 heteroatoms. The van der Waals surface area contributed by atoms with Crippen LogP contribution >= 0.6 is 0 Å². The number of sulfone groups is 1. The Hall–Kier alpha value is -0.0500. The number of hydrogen-bond donors (Lipinski definition) is 0. The first kappa shape index (κ1) is 18.7. The fourth-order valence-electron chi connectivity index (χ4n) is 0. The van der Waals surface area contributed by atoms with E-state index in [0.29, 0.717) is 5.41 Å². The molecule has 0 heterocycles. The van der Waals surface area contributed by atoms with E-state index in [4.69, 9.17) is 0 Å². The van der Waals surface area contributed by atoms with Gasteiger partial charge in [0, 0.05) is 12.5 Å². The van der Waals surface area contributed by atoms with Crippen molar-refractivity contribution < 1.29 is 8.42 Å². The van der Waals surface area contributed by atoms with E-state index >= 15 is 0 Å². The van der Waals surface area contributed by atoms with Crippen LogP contribution in [0.1, 0.15) is 48.0 Å². The van der Waals surface area contributed by atoms with Crippen LogP contribution in [0.4, 0.5) is 0 Å². The third-order valence-electron chi connectivity index (χ3n) is 0. The zero-order valence-corrected chi connectivity index (χ0v) is 11.2. The van der Waals surface area contributed by atoms with E-state index in [1.54, 1.807) is 0 Å². The molecule has 0 aliphatic heterocycles. The summed E-state index contributed by atoms with van der Waals surface area (Å²) in [6, 6.07) is 0. The topological polar surface area (TPSA) is 34.1 Å². The summed E-state index contributed by atoms with van der Waals surface area (Å²) >= 11 is 0. The van der Waals surface area contributed by atoms with Crippen molar-refractivity contribution in [2.24, 2.45) is 5.41 Å². The van der Waals surface area contributed by atoms with Crippen LogP contribution in [0.2, 0.25) is 0 Å². The van der Waals surface area contributed by atoms with Crippen LogP contribution in [0.3, 0.4) is 0 Å². The Morgan fingerprint density at radius 1 is 0.923 bits per heavy atom. The normalized spacial score (nSPS) is 10.5. The average Bonchev–Trinajstić information content (AvgIpc) is 1.52. The second-order valence-corrected chi connectivity index (χ2v) is 7.14. The zero-order valence-electron chi connectivity index (χ0n) is 10.4. The van der Waals surface area contributed by atoms with Gasteiger partial charge in [0.25, 0.3) is 0 Å². The molecule has 0 aliphatic carbocycles. The summed E-state index contributed by atoms with van der Waals surface area (Å²) < 4.78 is 19.3. The lowest BCUT2D eigenvalue weighted by molar-refractivity contribution is 0.469. The average molecular weight is 210 g/mol. The van der Waals surface area contributed by atoms with E-state index in [9.17, 15) is 8.42 Å². The monoisotopic (exact) mass is 210 g/mol. The second kappa shape index (κ2) is 8.54. The summed E-state index contributed by atoms with van der Waals surface area (Å²) in [7, 11) is -2.67.